The number of aromatic amines is 1. The molecule has 1 aliphatic carbocycles. The van der Waals surface area contributed by atoms with Crippen molar-refractivity contribution in [2.75, 3.05) is 64.5 Å². The maximum atomic E-state index is 15.7. The van der Waals surface area contributed by atoms with Gasteiger partial charge in [-0.15, -0.1) is 11.3 Å². The highest BCUT2D eigenvalue weighted by Crippen LogP contribution is 2.41. The summed E-state index contributed by atoms with van der Waals surface area (Å²) >= 11 is 1.56. The topological polar surface area (TPSA) is 242 Å². The maximum Gasteiger partial charge on any atom is 0.254 e. The fourth-order valence-corrected chi connectivity index (χ4v) is 9.82. The van der Waals surface area contributed by atoms with E-state index >= 15 is 4.39 Å². The highest BCUT2D eigenvalue weighted by Gasteiger charge is 2.44. The number of likely N-dealkylation sites (tertiary alicyclic amines) is 1. The molecule has 0 unspecified atom stereocenters. The van der Waals surface area contributed by atoms with Gasteiger partial charge in [-0.05, 0) is 54.5 Å². The minimum absolute atomic E-state index is 0.00915. The molecule has 3 fully saturated rings. The summed E-state index contributed by atoms with van der Waals surface area (Å²) < 4.78 is 28.6. The van der Waals surface area contributed by atoms with Gasteiger partial charge in [-0.2, -0.15) is 5.10 Å². The van der Waals surface area contributed by atoms with Crippen LogP contribution in [0.5, 0.6) is 0 Å². The van der Waals surface area contributed by atoms with Crippen molar-refractivity contribution in [3.63, 3.8) is 0 Å². The quantitative estimate of drug-likeness (QED) is 0.0750. The Balaban J connectivity index is 0.688. The van der Waals surface area contributed by atoms with Gasteiger partial charge in [-0.25, -0.2) is 19.3 Å². The number of H-pyrrole nitrogens is 1. The number of aromatic nitrogens is 6. The van der Waals surface area contributed by atoms with Crippen LogP contribution in [0.1, 0.15) is 73.3 Å². The molecular formula is C51H59FN12O8S. The maximum absolute atomic E-state index is 15.7. The molecule has 1 saturated carbocycles. The number of hydrogen-bond acceptors (Lipinski definition) is 14. The molecule has 0 spiro atoms. The second-order valence-electron chi connectivity index (χ2n) is 19.7. The van der Waals surface area contributed by atoms with Crippen molar-refractivity contribution in [2.45, 2.75) is 77.6 Å². The number of ether oxygens (including phenoxy) is 2. The molecule has 384 valence electrons. The molecule has 20 nitrogen and oxygen atoms in total. The van der Waals surface area contributed by atoms with Crippen LogP contribution >= 0.6 is 11.3 Å². The Morgan fingerprint density at radius 2 is 1.68 bits per heavy atom. The number of amides is 5. The molecule has 9 rings (SSSR count). The number of halogens is 1. The van der Waals surface area contributed by atoms with Gasteiger partial charge in [-0.3, -0.25) is 33.5 Å². The van der Waals surface area contributed by atoms with E-state index in [1.54, 1.807) is 72.1 Å². The van der Waals surface area contributed by atoms with Crippen LogP contribution in [0.4, 0.5) is 15.9 Å². The lowest BCUT2D eigenvalue weighted by molar-refractivity contribution is -0.144. The number of aliphatic hydroxyl groups is 1. The molecule has 22 heteroatoms. The average Bonchev–Trinajstić information content (AvgIpc) is 3.69. The summed E-state index contributed by atoms with van der Waals surface area (Å²) in [5, 5.41) is 26.2. The van der Waals surface area contributed by atoms with Gasteiger partial charge in [0.25, 0.3) is 5.91 Å². The first kappa shape index (κ1) is 50.8. The molecule has 0 bridgehead atoms. The van der Waals surface area contributed by atoms with Gasteiger partial charge in [0.05, 0.1) is 64.9 Å². The fraction of sp³-hybridized carbons (Fsp3) is 0.431. The molecule has 3 atom stereocenters. The van der Waals surface area contributed by atoms with E-state index in [0.717, 1.165) is 51.5 Å². The predicted octanol–water partition coefficient (Wildman–Crippen LogP) is 4.44. The number of nitrogens with one attached hydrogen (secondary N) is 4. The van der Waals surface area contributed by atoms with Crippen LogP contribution in [0.15, 0.2) is 72.8 Å². The second-order valence-corrected chi connectivity index (χ2v) is 20.5. The number of benzene rings is 2. The number of carbonyl (C=O) groups is 5. The number of β-amino-alcohol motifs (C(OH)–C–C–N with tert-alkyl or cyclic N) is 1. The van der Waals surface area contributed by atoms with E-state index in [4.69, 9.17) is 14.5 Å². The summed E-state index contributed by atoms with van der Waals surface area (Å²) in [6.07, 6.45) is 8.35. The number of thiazole rings is 1. The van der Waals surface area contributed by atoms with E-state index in [1.807, 2.05) is 41.8 Å². The largest absolute Gasteiger partial charge is 0.391 e. The van der Waals surface area contributed by atoms with E-state index in [9.17, 15) is 29.1 Å². The van der Waals surface area contributed by atoms with Crippen LogP contribution in [-0.4, -0.2) is 156 Å². The number of aliphatic hydroxyl groups excluding tert-OH is 1. The van der Waals surface area contributed by atoms with Gasteiger partial charge >= 0.3 is 0 Å². The van der Waals surface area contributed by atoms with Crippen molar-refractivity contribution in [2.24, 2.45) is 5.41 Å². The molecule has 5 amide bonds. The molecule has 2 aromatic carbocycles. The van der Waals surface area contributed by atoms with Crippen molar-refractivity contribution in [1.29, 1.82) is 0 Å². The number of carbonyl (C=O) groups excluding carboxylic acids is 5. The summed E-state index contributed by atoms with van der Waals surface area (Å²) in [6.45, 7) is 7.87. The molecule has 2 aliphatic heterocycles. The smallest absolute Gasteiger partial charge is 0.254 e. The number of hydrogen-bond donors (Lipinski definition) is 5. The van der Waals surface area contributed by atoms with Crippen LogP contribution in [0.25, 0.3) is 27.3 Å². The third-order valence-electron chi connectivity index (χ3n) is 13.2. The monoisotopic (exact) mass is 1020 g/mol. The number of rotatable bonds is 18. The summed E-state index contributed by atoms with van der Waals surface area (Å²) in [5.74, 6) is -2.01. The number of fused-ring (bicyclic) bond motifs is 1. The van der Waals surface area contributed by atoms with Crippen molar-refractivity contribution in [1.82, 2.24) is 54.9 Å². The van der Waals surface area contributed by atoms with E-state index < -0.39 is 53.7 Å². The molecule has 6 heterocycles. The van der Waals surface area contributed by atoms with Crippen LogP contribution < -0.4 is 16.0 Å². The van der Waals surface area contributed by atoms with Gasteiger partial charge in [0, 0.05) is 75.1 Å². The minimum Gasteiger partial charge on any atom is -0.391 e. The highest BCUT2D eigenvalue weighted by molar-refractivity contribution is 7.13. The lowest BCUT2D eigenvalue weighted by atomic mass is 9.85. The van der Waals surface area contributed by atoms with Crippen molar-refractivity contribution in [3.05, 3.63) is 101 Å². The summed E-state index contributed by atoms with van der Waals surface area (Å²) in [7, 11) is 0. The Labute approximate surface area is 424 Å². The zero-order chi connectivity index (χ0) is 51.4. The van der Waals surface area contributed by atoms with Crippen molar-refractivity contribution in [3.8, 4) is 21.7 Å². The molecule has 6 aromatic rings. The van der Waals surface area contributed by atoms with Crippen LogP contribution in [-0.2, 0) is 35.2 Å². The summed E-state index contributed by atoms with van der Waals surface area (Å²) in [6, 6.07) is 10.1. The van der Waals surface area contributed by atoms with Crippen LogP contribution in [0.3, 0.4) is 0 Å². The first-order chi connectivity index (χ1) is 35.1. The molecule has 2 saturated heterocycles. The van der Waals surface area contributed by atoms with Gasteiger partial charge in [0.2, 0.25) is 23.6 Å². The van der Waals surface area contributed by atoms with Crippen molar-refractivity contribution >= 4 is 58.0 Å². The predicted molar refractivity (Wildman–Crippen MR) is 268 cm³/mol. The van der Waals surface area contributed by atoms with E-state index in [0.29, 0.717) is 17.4 Å². The Kier molecular flexibility index (Phi) is 15.2. The van der Waals surface area contributed by atoms with Crippen LogP contribution in [0, 0.1) is 18.2 Å². The summed E-state index contributed by atoms with van der Waals surface area (Å²) in [4.78, 5) is 86.2. The molecule has 4 aromatic heterocycles. The van der Waals surface area contributed by atoms with Gasteiger partial charge in [0.1, 0.15) is 31.1 Å². The molecule has 5 N–H and O–H groups in total. The normalized spacial score (nSPS) is 17.5. The summed E-state index contributed by atoms with van der Waals surface area (Å²) in [5.41, 5.74) is 7.27. The number of aryl methyl sites for hydroxylation is 1. The van der Waals surface area contributed by atoms with Gasteiger partial charge < -0.3 is 45.2 Å². The van der Waals surface area contributed by atoms with Gasteiger partial charge in [0.15, 0.2) is 11.5 Å². The SMILES string of the molecule is Cc1ncsc1-c1ccc(CNC(=O)[C@@H]2C[C@@H](O)CN2C(=O)[C@@H](NC(=O)COCCOCC(=O)N2CCN(C(=O)c3ccc(Nc4nc(C5CC5)cn5c(-c6cn[nH]c6)cnc45)c(F)c3)CC2)C(C)(C)C)cc1. The van der Waals surface area contributed by atoms with E-state index in [2.05, 4.69) is 36.1 Å². The third kappa shape index (κ3) is 11.9. The zero-order valence-corrected chi connectivity index (χ0v) is 41.9. The lowest BCUT2D eigenvalue weighted by Gasteiger charge is -2.35. The molecule has 73 heavy (non-hydrogen) atoms. The molecule has 3 aliphatic rings. The lowest BCUT2D eigenvalue weighted by Crippen LogP contribution is -2.58. The fourth-order valence-electron chi connectivity index (χ4n) is 9.01. The average molecular weight is 1020 g/mol. The number of nitrogens with zero attached hydrogens (tertiary/aromatic N) is 8. The Hall–Kier alpha value is -7.14. The second kappa shape index (κ2) is 21.9. The first-order valence-electron chi connectivity index (χ1n) is 24.3. The first-order valence-corrected chi connectivity index (χ1v) is 25.2. The number of anilines is 2. The van der Waals surface area contributed by atoms with Gasteiger partial charge in [-0.1, -0.05) is 45.0 Å². The standard InChI is InChI=1S/C51H59FN12O8S/c1-30-44(73-29-55-30)33-7-5-31(6-8-33)21-54-48(68)40-20-36(65)25-64(40)50(70)45(51(2,3)4)60-42(66)27-71-17-18-72-28-43(67)61-13-15-62(16-14-61)49(69)34-11-12-38(37(52)19-34)58-46-47-53-24-41(35-22-56-57-23-35)63(47)26-39(59-46)32-9-10-32/h5-8,11-12,19,22-24,26,29,32,36,40,45,65H,9-10,13-18,20-21,25,27-28H2,1-4H3,(H,54,68)(H,56,57)(H,58,59)(H,60,66)/t36-,40+,45-/m1/s1. The molecule has 0 radical (unpaired) electrons. The minimum atomic E-state index is -1.03. The number of piperazine rings is 1. The zero-order valence-electron chi connectivity index (χ0n) is 41.1. The third-order valence-corrected chi connectivity index (χ3v) is 14.2. The number of imidazole rings is 1. The Morgan fingerprint density at radius 1 is 0.945 bits per heavy atom. The van der Waals surface area contributed by atoms with Crippen molar-refractivity contribution < 1.29 is 42.9 Å². The Bertz CT molecular complexity index is 2960. The van der Waals surface area contributed by atoms with E-state index in [1.165, 1.54) is 17.0 Å². The molecular weight excluding hydrogens is 960 g/mol. The van der Waals surface area contributed by atoms with E-state index in [-0.39, 0.29) is 88.6 Å². The Morgan fingerprint density at radius 3 is 2.36 bits per heavy atom. The highest BCUT2D eigenvalue weighted by atomic mass is 32.1. The van der Waals surface area contributed by atoms with Crippen LogP contribution in [0.2, 0.25) is 0 Å².